The van der Waals surface area contributed by atoms with Gasteiger partial charge in [-0.15, -0.1) is 0 Å². The molecule has 0 fully saturated rings. The molecule has 49 heavy (non-hydrogen) atoms. The molecule has 8 bridgehead atoms. The van der Waals surface area contributed by atoms with Crippen LogP contribution >= 0.6 is 0 Å². The molecule has 0 saturated heterocycles. The van der Waals surface area contributed by atoms with Gasteiger partial charge in [0.15, 0.2) is 0 Å². The maximum Gasteiger partial charge on any atom is 0.0822 e. The zero-order valence-electron chi connectivity index (χ0n) is 26.1. The number of rotatable bonds is 4. The fourth-order valence-corrected chi connectivity index (χ4v) is 6.29. The molecule has 0 radical (unpaired) electrons. The van der Waals surface area contributed by atoms with Crippen LogP contribution in [-0.2, 0) is 19.5 Å². The third-order valence-corrected chi connectivity index (χ3v) is 8.38. The van der Waals surface area contributed by atoms with E-state index < -0.39 is 0 Å². The van der Waals surface area contributed by atoms with Crippen molar-refractivity contribution < 1.29 is 19.5 Å². The minimum Gasteiger partial charge on any atom is -0.265 e. The Balaban J connectivity index is 0.00000348. The quantitative estimate of drug-likeness (QED) is 0.212. The maximum atomic E-state index is 5.48. The van der Waals surface area contributed by atoms with Gasteiger partial charge >= 0.3 is 0 Å². The van der Waals surface area contributed by atoms with Crippen LogP contribution in [0.2, 0.25) is 0 Å². The van der Waals surface area contributed by atoms with E-state index in [4.69, 9.17) is 20.0 Å². The normalized spacial score (nSPS) is 17.5. The average Bonchev–Trinajstić information content (AvgIpc) is 3.94. The SMILES string of the molecule is C1=CC2=NC1=CC1=NC(=C(c3ccncc3)C3=NC(=CC4=NC(=C2)C=C4)C=C3c2ccncc2)C(c2ccncc2)=C1c1ccncc1.[Zn]. The molecular formula is C40H24N8Zn. The van der Waals surface area contributed by atoms with Crippen molar-refractivity contribution in [2.75, 3.05) is 0 Å². The molecular weight excluding hydrogens is 658 g/mol. The van der Waals surface area contributed by atoms with Gasteiger partial charge in [0.25, 0.3) is 0 Å². The van der Waals surface area contributed by atoms with Crippen LogP contribution in [0.4, 0.5) is 0 Å². The smallest absolute Gasteiger partial charge is 0.0822 e. The Labute approximate surface area is 295 Å². The molecule has 0 N–H and O–H groups in total. The Morgan fingerprint density at radius 1 is 0.367 bits per heavy atom. The monoisotopic (exact) mass is 680 g/mol. The first-order valence-corrected chi connectivity index (χ1v) is 15.5. The van der Waals surface area contributed by atoms with E-state index in [0.29, 0.717) is 0 Å². The molecule has 226 valence electrons. The average molecular weight is 682 g/mol. The second kappa shape index (κ2) is 12.8. The first-order chi connectivity index (χ1) is 23.8. The molecule has 0 atom stereocenters. The number of allylic oxidation sites excluding steroid dienone is 12. The molecule has 0 amide bonds. The van der Waals surface area contributed by atoms with Gasteiger partial charge in [0.2, 0.25) is 0 Å². The predicted octanol–water partition coefficient (Wildman–Crippen LogP) is 7.27. The van der Waals surface area contributed by atoms with Gasteiger partial charge in [-0.05, 0) is 119 Å². The largest absolute Gasteiger partial charge is 0.265 e. The summed E-state index contributed by atoms with van der Waals surface area (Å²) in [5.41, 5.74) is 14.0. The van der Waals surface area contributed by atoms with Crippen LogP contribution in [0.15, 0.2) is 189 Å². The van der Waals surface area contributed by atoms with E-state index in [1.807, 2.05) is 116 Å². The van der Waals surface area contributed by atoms with Gasteiger partial charge in [0.05, 0.1) is 45.6 Å². The van der Waals surface area contributed by atoms with Crippen molar-refractivity contribution in [1.82, 2.24) is 19.9 Å². The van der Waals surface area contributed by atoms with E-state index in [1.165, 1.54) is 0 Å². The maximum absolute atomic E-state index is 5.48. The van der Waals surface area contributed by atoms with E-state index in [1.54, 1.807) is 24.8 Å². The molecule has 0 unspecified atom stereocenters. The third kappa shape index (κ3) is 5.71. The zero-order valence-corrected chi connectivity index (χ0v) is 29.1. The van der Waals surface area contributed by atoms with Crippen LogP contribution in [0.25, 0.3) is 22.3 Å². The number of aromatic nitrogens is 4. The van der Waals surface area contributed by atoms with Gasteiger partial charge < -0.3 is 0 Å². The first-order valence-electron chi connectivity index (χ1n) is 15.5. The summed E-state index contributed by atoms with van der Waals surface area (Å²) in [6.45, 7) is 0. The van der Waals surface area contributed by atoms with Gasteiger partial charge in [-0.3, -0.25) is 19.9 Å². The number of aliphatic imine (C=N–C) groups is 4. The van der Waals surface area contributed by atoms with E-state index >= 15 is 0 Å². The first kappa shape index (κ1) is 30.2. The fourth-order valence-electron chi connectivity index (χ4n) is 6.29. The second-order valence-corrected chi connectivity index (χ2v) is 11.4. The molecule has 9 heterocycles. The molecule has 9 heteroatoms. The molecule has 0 saturated carbocycles. The van der Waals surface area contributed by atoms with Crippen molar-refractivity contribution in [2.24, 2.45) is 20.0 Å². The summed E-state index contributed by atoms with van der Waals surface area (Å²) in [6.07, 6.45) is 30.6. The Bertz CT molecular complexity index is 2390. The number of nitrogens with zero attached hydrogens (tertiary/aromatic N) is 8. The summed E-state index contributed by atoms with van der Waals surface area (Å²) in [4.78, 5) is 37.9. The third-order valence-electron chi connectivity index (χ3n) is 8.38. The summed E-state index contributed by atoms with van der Waals surface area (Å²) in [6, 6.07) is 16.1. The molecule has 0 aliphatic carbocycles. The molecule has 4 aromatic rings. The molecule has 5 aliphatic rings. The van der Waals surface area contributed by atoms with Crippen LogP contribution in [-0.4, -0.2) is 42.8 Å². The summed E-state index contributed by atoms with van der Waals surface area (Å²) in [5, 5.41) is 0. The fraction of sp³-hybridized carbons (Fsp3) is 0. The van der Waals surface area contributed by atoms with E-state index in [0.717, 1.165) is 90.2 Å². The van der Waals surface area contributed by atoms with Gasteiger partial charge in [-0.1, -0.05) is 0 Å². The summed E-state index contributed by atoms with van der Waals surface area (Å²) in [7, 11) is 0. The van der Waals surface area contributed by atoms with Crippen molar-refractivity contribution in [3.05, 3.63) is 192 Å². The van der Waals surface area contributed by atoms with Crippen LogP contribution < -0.4 is 0 Å². The summed E-state index contributed by atoms with van der Waals surface area (Å²) >= 11 is 0. The number of fused-ring (bicyclic) bond motifs is 4. The molecule has 9 rings (SSSR count). The predicted molar refractivity (Wildman–Crippen MR) is 191 cm³/mol. The van der Waals surface area contributed by atoms with Crippen LogP contribution in [0.3, 0.4) is 0 Å². The molecule has 8 nitrogen and oxygen atoms in total. The summed E-state index contributed by atoms with van der Waals surface area (Å²) in [5.74, 6) is 0. The molecule has 0 spiro atoms. The van der Waals surface area contributed by atoms with Crippen LogP contribution in [0.1, 0.15) is 22.3 Å². The standard InChI is InChI=1S/C40H24N8.Zn/c1-2-31-22-33-23-34(25-5-13-41-14-6-25)39(47-33)38(28-11-19-44-20-12-28)40-37(27-9-17-43-18-10-27)36(26-7-15-42-16-8-26)35(48-40)24-32-4-3-30(46-32)21-29(1)45-31;/h1-24H;. The van der Waals surface area contributed by atoms with E-state index in [2.05, 4.69) is 26.0 Å². The van der Waals surface area contributed by atoms with Crippen molar-refractivity contribution in [2.45, 2.75) is 0 Å². The van der Waals surface area contributed by atoms with Crippen molar-refractivity contribution >= 4 is 45.1 Å². The Kier molecular flexibility index (Phi) is 7.88. The Morgan fingerprint density at radius 2 is 0.837 bits per heavy atom. The Hall–Kier alpha value is -6.18. The number of hydrogen-bond acceptors (Lipinski definition) is 8. The van der Waals surface area contributed by atoms with Gasteiger partial charge in [0, 0.05) is 91.3 Å². The van der Waals surface area contributed by atoms with Crippen molar-refractivity contribution in [3.63, 3.8) is 0 Å². The van der Waals surface area contributed by atoms with Crippen LogP contribution in [0.5, 0.6) is 0 Å². The van der Waals surface area contributed by atoms with Gasteiger partial charge in [-0.2, -0.15) is 0 Å². The van der Waals surface area contributed by atoms with Crippen molar-refractivity contribution in [1.29, 1.82) is 0 Å². The molecule has 4 aromatic heterocycles. The molecule has 5 aliphatic heterocycles. The summed E-state index contributed by atoms with van der Waals surface area (Å²) < 4.78 is 0. The van der Waals surface area contributed by atoms with E-state index in [9.17, 15) is 0 Å². The topological polar surface area (TPSA) is 101 Å². The van der Waals surface area contributed by atoms with Crippen LogP contribution in [0, 0.1) is 0 Å². The van der Waals surface area contributed by atoms with Gasteiger partial charge in [-0.25, -0.2) is 20.0 Å². The minimum atomic E-state index is 0. The number of hydrogen-bond donors (Lipinski definition) is 0. The number of pyridine rings is 4. The second-order valence-electron chi connectivity index (χ2n) is 11.4. The minimum absolute atomic E-state index is 0. The molecule has 0 aromatic carbocycles. The zero-order chi connectivity index (χ0) is 31.9. The van der Waals surface area contributed by atoms with Gasteiger partial charge in [0.1, 0.15) is 0 Å². The van der Waals surface area contributed by atoms with Crippen molar-refractivity contribution in [3.8, 4) is 0 Å². The Morgan fingerprint density at radius 3 is 1.41 bits per heavy atom. The van der Waals surface area contributed by atoms with E-state index in [-0.39, 0.29) is 19.5 Å².